The second-order valence-corrected chi connectivity index (χ2v) is 29.5. The minimum Gasteiger partial charge on any atom is -0.462 e. The molecule has 0 saturated carbocycles. The summed E-state index contributed by atoms with van der Waals surface area (Å²) in [5, 5.41) is 10.1. The highest BCUT2D eigenvalue weighted by atomic mass is 31.2. The van der Waals surface area contributed by atoms with E-state index < -0.39 is 84.2 Å². The topological polar surface area (TPSA) is 316 Å². The Morgan fingerprint density at radius 3 is 1.00 bits per heavy atom. The van der Waals surface area contributed by atoms with Gasteiger partial charge in [-0.25, -0.2) is 13.9 Å². The van der Waals surface area contributed by atoms with Gasteiger partial charge in [0, 0.05) is 45.2 Å². The third kappa shape index (κ3) is 64.7. The number of carbonyl (C=O) groups is 7. The summed E-state index contributed by atoms with van der Waals surface area (Å²) in [6, 6.07) is -2.73. The van der Waals surface area contributed by atoms with E-state index >= 15 is 0 Å². The van der Waals surface area contributed by atoms with Gasteiger partial charge in [0.15, 0.2) is 0 Å². The molecule has 2 unspecified atom stereocenters. The first-order valence-electron chi connectivity index (χ1n) is 38.7. The van der Waals surface area contributed by atoms with Gasteiger partial charge in [-0.3, -0.25) is 46.9 Å². The van der Waals surface area contributed by atoms with Crippen LogP contribution < -0.4 is 21.3 Å². The first-order chi connectivity index (χ1) is 47.3. The maximum Gasteiger partial charge on any atom is 0.472 e. The molecule has 0 radical (unpaired) electrons. The van der Waals surface area contributed by atoms with Gasteiger partial charge in [0.2, 0.25) is 11.8 Å². The monoisotopic (exact) mass is 1440 g/mol. The molecule has 0 spiro atoms. The van der Waals surface area contributed by atoms with Crippen molar-refractivity contribution in [3.8, 4) is 0 Å². The van der Waals surface area contributed by atoms with Crippen LogP contribution in [0.25, 0.3) is 0 Å². The molecule has 0 aromatic rings. The third-order valence-corrected chi connectivity index (χ3v) is 18.8. The second kappa shape index (κ2) is 66.8. The molecule has 0 fully saturated rings. The maximum atomic E-state index is 13.2. The maximum absolute atomic E-state index is 13.2. The average Bonchev–Trinajstić information content (AvgIpc) is 1.50. The SMILES string of the molecule is CCCCCCCCCCCC(=O)CC(=O)N[C@H](COCC[C@@H](CCCCCCC)OC(=O)CCCCCCCCCCC)COP(=O)(O)OCCNC(=O)NCCOP(=O)(O)OC[C@@H](COCC[C@@H](CCCCCCC)OC(=O)CCCCCCCCCCC)NC(=O)CC(C)=O. The molecule has 6 atom stereocenters. The van der Waals surface area contributed by atoms with Crippen molar-refractivity contribution < 1.29 is 89.5 Å². The number of amides is 4. The molecule has 576 valence electrons. The predicted octanol–water partition coefficient (Wildman–Crippen LogP) is 16.6. The lowest BCUT2D eigenvalue weighted by Crippen LogP contribution is -2.42. The van der Waals surface area contributed by atoms with Crippen molar-refractivity contribution in [3.05, 3.63) is 0 Å². The molecule has 0 bridgehead atoms. The number of ether oxygens (including phenoxy) is 4. The van der Waals surface area contributed by atoms with Gasteiger partial charge in [-0.15, -0.1) is 0 Å². The summed E-state index contributed by atoms with van der Waals surface area (Å²) < 4.78 is 70.3. The van der Waals surface area contributed by atoms with Gasteiger partial charge in [-0.2, -0.15) is 0 Å². The minimum absolute atomic E-state index is 0.148. The van der Waals surface area contributed by atoms with Crippen molar-refractivity contribution >= 4 is 57.0 Å². The molecule has 0 rings (SSSR count). The summed E-state index contributed by atoms with van der Waals surface area (Å²) in [5.74, 6) is -2.33. The molecule has 0 aliphatic carbocycles. The summed E-state index contributed by atoms with van der Waals surface area (Å²) in [6.07, 6.45) is 42.2. The number of urea groups is 1. The van der Waals surface area contributed by atoms with Gasteiger partial charge >= 0.3 is 33.6 Å². The van der Waals surface area contributed by atoms with E-state index in [1.165, 1.54) is 116 Å². The molecule has 0 heterocycles. The Bertz CT molecular complexity index is 2100. The van der Waals surface area contributed by atoms with E-state index in [1.807, 2.05) is 0 Å². The number of unbranched alkanes of at least 4 members (excludes halogenated alkanes) is 32. The Kier molecular flexibility index (Phi) is 64.5. The molecule has 0 aromatic carbocycles. The van der Waals surface area contributed by atoms with Crippen LogP contribution in [0.3, 0.4) is 0 Å². The Morgan fingerprint density at radius 2 is 0.663 bits per heavy atom. The third-order valence-electron chi connectivity index (χ3n) is 16.8. The number of phosphoric acid groups is 2. The quantitative estimate of drug-likeness (QED) is 0.0143. The summed E-state index contributed by atoms with van der Waals surface area (Å²) in [6.45, 7) is 9.51. The lowest BCUT2D eigenvalue weighted by atomic mass is 10.0. The highest BCUT2D eigenvalue weighted by molar-refractivity contribution is 7.47. The Hall–Kier alpha value is -3.37. The standard InChI is InChI=1S/C73H140N4O19P2/c1-7-12-17-22-25-28-31-36-39-44-66(79)58-70(81)77-65(60-90-54-50-68(46-41-35-21-16-11-5)96-72(83)48-43-38-33-30-27-24-19-14-9-3)62-94-98(87,88)92-56-52-75-73(84)74-51-55-91-97(85,86)93-61-64(76-69(80)57-63(6)78)59-89-53-49-67(45-40-34-20-15-10-4)95-71(82)47-42-37-32-29-26-23-18-13-8-2/h64-65,67-68H,7-62H2,1-6H3,(H,76,80)(H,77,81)(H,85,86)(H,87,88)(H2,74,75,84)/t64-,65-,67-,68-/m1/s1. The highest BCUT2D eigenvalue weighted by Gasteiger charge is 2.28. The second-order valence-electron chi connectivity index (χ2n) is 26.6. The number of Topliss-reactive ketones (excluding diaryl/α,β-unsaturated/α-hetero) is 2. The largest absolute Gasteiger partial charge is 0.472 e. The van der Waals surface area contributed by atoms with Crippen LogP contribution in [0.4, 0.5) is 4.79 Å². The number of hydrogen-bond donors (Lipinski definition) is 6. The Morgan fingerprint density at radius 1 is 0.357 bits per heavy atom. The van der Waals surface area contributed by atoms with Crippen LogP contribution in [-0.2, 0) is 74.9 Å². The summed E-state index contributed by atoms with van der Waals surface area (Å²) in [4.78, 5) is 110. The van der Waals surface area contributed by atoms with Crippen LogP contribution in [-0.4, -0.2) is 141 Å². The molecule has 25 heteroatoms. The lowest BCUT2D eigenvalue weighted by molar-refractivity contribution is -0.151. The van der Waals surface area contributed by atoms with E-state index in [1.54, 1.807) is 0 Å². The van der Waals surface area contributed by atoms with Crippen molar-refractivity contribution in [2.45, 2.75) is 361 Å². The molecule has 23 nitrogen and oxygen atoms in total. The summed E-state index contributed by atoms with van der Waals surface area (Å²) >= 11 is 0. The fourth-order valence-electron chi connectivity index (χ4n) is 11.1. The zero-order chi connectivity index (χ0) is 72.4. The number of carbonyl (C=O) groups excluding carboxylic acids is 7. The van der Waals surface area contributed by atoms with Crippen molar-refractivity contribution in [1.29, 1.82) is 0 Å². The number of phosphoric ester groups is 2. The zero-order valence-electron chi connectivity index (χ0n) is 62.1. The van der Waals surface area contributed by atoms with Crippen molar-refractivity contribution in [2.75, 3.05) is 65.9 Å². The van der Waals surface area contributed by atoms with Gasteiger partial charge in [-0.1, -0.05) is 240 Å². The molecule has 0 aliphatic rings. The van der Waals surface area contributed by atoms with Crippen LogP contribution in [0, 0.1) is 0 Å². The summed E-state index contributed by atoms with van der Waals surface area (Å²) in [7, 11) is -9.55. The van der Waals surface area contributed by atoms with Crippen LogP contribution in [0.15, 0.2) is 0 Å². The van der Waals surface area contributed by atoms with E-state index in [0.717, 1.165) is 122 Å². The molecule has 4 amide bonds. The molecule has 0 aliphatic heterocycles. The van der Waals surface area contributed by atoms with Gasteiger partial charge in [-0.05, 0) is 51.9 Å². The molecule has 0 saturated heterocycles. The number of ketones is 2. The van der Waals surface area contributed by atoms with E-state index in [4.69, 9.17) is 37.0 Å². The fraction of sp³-hybridized carbons (Fsp3) is 0.904. The predicted molar refractivity (Wildman–Crippen MR) is 387 cm³/mol. The van der Waals surface area contributed by atoms with Crippen molar-refractivity contribution in [3.63, 3.8) is 0 Å². The summed E-state index contributed by atoms with van der Waals surface area (Å²) in [5.41, 5.74) is 0. The minimum atomic E-state index is -4.79. The van der Waals surface area contributed by atoms with E-state index in [0.29, 0.717) is 44.9 Å². The van der Waals surface area contributed by atoms with E-state index in [2.05, 4.69) is 55.9 Å². The zero-order valence-corrected chi connectivity index (χ0v) is 63.9. The molecule has 98 heavy (non-hydrogen) atoms. The normalized spacial score (nSPS) is 14.0. The van der Waals surface area contributed by atoms with Crippen LogP contribution in [0.5, 0.6) is 0 Å². The van der Waals surface area contributed by atoms with Gasteiger partial charge < -0.3 is 50.0 Å². The van der Waals surface area contributed by atoms with Crippen LogP contribution in [0.2, 0.25) is 0 Å². The van der Waals surface area contributed by atoms with Crippen molar-refractivity contribution in [1.82, 2.24) is 21.3 Å². The van der Waals surface area contributed by atoms with Gasteiger partial charge in [0.1, 0.15) is 23.8 Å². The number of esters is 2. The Labute approximate surface area is 592 Å². The first-order valence-corrected chi connectivity index (χ1v) is 41.7. The average molecular weight is 1440 g/mol. The lowest BCUT2D eigenvalue weighted by Gasteiger charge is -2.22. The highest BCUT2D eigenvalue weighted by Crippen LogP contribution is 2.44. The van der Waals surface area contributed by atoms with Crippen molar-refractivity contribution in [2.24, 2.45) is 0 Å². The number of hydrogen-bond acceptors (Lipinski definition) is 17. The van der Waals surface area contributed by atoms with E-state index in [9.17, 15) is 52.5 Å². The van der Waals surface area contributed by atoms with E-state index in [-0.39, 0.29) is 82.3 Å². The first kappa shape index (κ1) is 94.6. The molecule has 6 N–H and O–H groups in total. The van der Waals surface area contributed by atoms with Gasteiger partial charge in [0.05, 0.1) is 77.8 Å². The number of rotatable bonds is 74. The molecule has 0 aromatic heterocycles. The molecular weight excluding hydrogens is 1300 g/mol. The van der Waals surface area contributed by atoms with Crippen LogP contribution >= 0.6 is 15.6 Å². The van der Waals surface area contributed by atoms with Gasteiger partial charge in [0.25, 0.3) is 0 Å². The fourth-order valence-corrected chi connectivity index (χ4v) is 12.6. The Balaban J connectivity index is 5.41. The molecular formula is C73H140N4O19P2. The van der Waals surface area contributed by atoms with Crippen LogP contribution in [0.1, 0.15) is 337 Å². The number of nitrogens with one attached hydrogen (secondary N) is 4. The smallest absolute Gasteiger partial charge is 0.462 e.